The Bertz CT molecular complexity index is 208. The van der Waals surface area contributed by atoms with E-state index in [-0.39, 0.29) is 12.5 Å². The lowest BCUT2D eigenvalue weighted by molar-refractivity contribution is -0.120. The monoisotopic (exact) mass is 229 g/mol. The summed E-state index contributed by atoms with van der Waals surface area (Å²) in [4.78, 5) is 13.6. The van der Waals surface area contributed by atoms with Gasteiger partial charge >= 0.3 is 0 Å². The Morgan fingerprint density at radius 2 is 2.25 bits per heavy atom. The number of rotatable bonds is 8. The quantitative estimate of drug-likeness (QED) is 0.665. The molecule has 1 fully saturated rings. The molecule has 1 unspecified atom stereocenters. The summed E-state index contributed by atoms with van der Waals surface area (Å²) in [6.45, 7) is 3.24. The molecule has 0 radical (unpaired) electrons. The Labute approximate surface area is 97.6 Å². The van der Waals surface area contributed by atoms with E-state index in [0.29, 0.717) is 18.9 Å². The van der Waals surface area contributed by atoms with Crippen LogP contribution in [0.5, 0.6) is 0 Å². The summed E-state index contributed by atoms with van der Waals surface area (Å²) in [6, 6.07) is 0. The summed E-state index contributed by atoms with van der Waals surface area (Å²) in [7, 11) is 1.68. The van der Waals surface area contributed by atoms with Gasteiger partial charge in [0.25, 0.3) is 0 Å². The summed E-state index contributed by atoms with van der Waals surface area (Å²) < 4.78 is 5.02. The predicted molar refractivity (Wildman–Crippen MR) is 62.4 cm³/mol. The lowest BCUT2D eigenvalue weighted by atomic mass is 10.0. The largest absolute Gasteiger partial charge is 0.395 e. The first kappa shape index (κ1) is 13.6. The number of carbonyl (C=O) groups is 1. The van der Waals surface area contributed by atoms with Gasteiger partial charge in [0.1, 0.15) is 5.78 Å². The molecule has 4 heteroatoms. The maximum atomic E-state index is 11.5. The van der Waals surface area contributed by atoms with E-state index in [1.54, 1.807) is 7.11 Å². The molecule has 0 heterocycles. The van der Waals surface area contributed by atoms with Crippen molar-refractivity contribution in [1.82, 2.24) is 4.90 Å². The number of ketones is 1. The summed E-state index contributed by atoms with van der Waals surface area (Å²) in [6.07, 6.45) is 3.81. The zero-order valence-electron chi connectivity index (χ0n) is 10.2. The Kier molecular flexibility index (Phi) is 6.61. The van der Waals surface area contributed by atoms with Gasteiger partial charge in [-0.15, -0.1) is 0 Å². The van der Waals surface area contributed by atoms with E-state index in [1.165, 1.54) is 0 Å². The second-order valence-electron chi connectivity index (χ2n) is 4.40. The molecule has 94 valence electrons. The number of hydrogen-bond donors (Lipinski definition) is 1. The van der Waals surface area contributed by atoms with E-state index in [4.69, 9.17) is 9.84 Å². The van der Waals surface area contributed by atoms with Crippen molar-refractivity contribution >= 4 is 5.78 Å². The van der Waals surface area contributed by atoms with Gasteiger partial charge in [0, 0.05) is 32.5 Å². The molecule has 0 spiro atoms. The Morgan fingerprint density at radius 3 is 2.81 bits per heavy atom. The fraction of sp³-hybridized carbons (Fsp3) is 0.917. The van der Waals surface area contributed by atoms with Crippen molar-refractivity contribution < 1.29 is 14.6 Å². The lowest BCUT2D eigenvalue weighted by Crippen LogP contribution is -2.32. The fourth-order valence-corrected chi connectivity index (χ4v) is 2.23. The van der Waals surface area contributed by atoms with Crippen molar-refractivity contribution in [3.8, 4) is 0 Å². The van der Waals surface area contributed by atoms with Crippen molar-refractivity contribution in [2.45, 2.75) is 25.7 Å². The highest BCUT2D eigenvalue weighted by molar-refractivity contribution is 5.82. The van der Waals surface area contributed by atoms with Gasteiger partial charge in [-0.05, 0) is 25.8 Å². The van der Waals surface area contributed by atoms with Gasteiger partial charge in [0.2, 0.25) is 0 Å². The normalized spacial score (nSPS) is 20.9. The number of ether oxygens (including phenoxy) is 1. The maximum absolute atomic E-state index is 11.5. The van der Waals surface area contributed by atoms with Crippen LogP contribution in [-0.2, 0) is 9.53 Å². The van der Waals surface area contributed by atoms with Crippen LogP contribution in [0.3, 0.4) is 0 Å². The molecule has 1 atom stereocenters. The second-order valence-corrected chi connectivity index (χ2v) is 4.40. The van der Waals surface area contributed by atoms with Gasteiger partial charge in [0.05, 0.1) is 13.2 Å². The topological polar surface area (TPSA) is 49.8 Å². The second kappa shape index (κ2) is 7.76. The van der Waals surface area contributed by atoms with Crippen molar-refractivity contribution in [2.24, 2.45) is 5.92 Å². The summed E-state index contributed by atoms with van der Waals surface area (Å²) in [5.74, 6) is 0.694. The van der Waals surface area contributed by atoms with E-state index in [2.05, 4.69) is 4.90 Å². The van der Waals surface area contributed by atoms with Crippen LogP contribution in [0.1, 0.15) is 25.7 Å². The Morgan fingerprint density at radius 1 is 1.44 bits per heavy atom. The van der Waals surface area contributed by atoms with Crippen LogP contribution >= 0.6 is 0 Å². The number of hydrogen-bond acceptors (Lipinski definition) is 4. The molecule has 4 nitrogen and oxygen atoms in total. The summed E-state index contributed by atoms with van der Waals surface area (Å²) >= 11 is 0. The van der Waals surface area contributed by atoms with Crippen LogP contribution in [-0.4, -0.2) is 55.7 Å². The molecule has 1 N–H and O–H groups in total. The number of nitrogens with zero attached hydrogens (tertiary/aromatic N) is 1. The first-order valence-corrected chi connectivity index (χ1v) is 6.12. The van der Waals surface area contributed by atoms with Crippen molar-refractivity contribution in [3.63, 3.8) is 0 Å². The molecular formula is C12H23NO3. The third-order valence-electron chi connectivity index (χ3n) is 3.25. The first-order valence-electron chi connectivity index (χ1n) is 6.12. The Hall–Kier alpha value is -0.450. The molecule has 16 heavy (non-hydrogen) atoms. The highest BCUT2D eigenvalue weighted by Gasteiger charge is 2.24. The SMILES string of the molecule is COCCN(CCO)CCC1CCCC1=O. The maximum Gasteiger partial charge on any atom is 0.136 e. The third kappa shape index (κ3) is 4.60. The predicted octanol–water partition coefficient (Wildman–Crippen LogP) is 0.686. The molecule has 0 saturated heterocycles. The fourth-order valence-electron chi connectivity index (χ4n) is 2.23. The molecule has 1 rings (SSSR count). The highest BCUT2D eigenvalue weighted by atomic mass is 16.5. The summed E-state index contributed by atoms with van der Waals surface area (Å²) in [5.41, 5.74) is 0. The van der Waals surface area contributed by atoms with E-state index >= 15 is 0 Å². The number of carbonyl (C=O) groups excluding carboxylic acids is 1. The number of Topliss-reactive ketones (excluding diaryl/α,β-unsaturated/α-hetero) is 1. The van der Waals surface area contributed by atoms with Crippen LogP contribution in [0.2, 0.25) is 0 Å². The van der Waals surface area contributed by atoms with Gasteiger partial charge in [-0.3, -0.25) is 9.69 Å². The number of aliphatic hydroxyl groups is 1. The van der Waals surface area contributed by atoms with Gasteiger partial charge in [-0.25, -0.2) is 0 Å². The highest BCUT2D eigenvalue weighted by Crippen LogP contribution is 2.24. The zero-order valence-corrected chi connectivity index (χ0v) is 10.2. The molecule has 0 aromatic heterocycles. The average Bonchev–Trinajstić information content (AvgIpc) is 2.68. The van der Waals surface area contributed by atoms with Crippen LogP contribution < -0.4 is 0 Å². The van der Waals surface area contributed by atoms with Crippen molar-refractivity contribution in [2.75, 3.05) is 40.0 Å². The Balaban J connectivity index is 2.22. The van der Waals surface area contributed by atoms with E-state index in [9.17, 15) is 4.79 Å². The van der Waals surface area contributed by atoms with E-state index in [0.717, 1.165) is 38.8 Å². The minimum atomic E-state index is 0.169. The van der Waals surface area contributed by atoms with Crippen molar-refractivity contribution in [3.05, 3.63) is 0 Å². The molecule has 1 aliphatic carbocycles. The number of methoxy groups -OCH3 is 1. The minimum Gasteiger partial charge on any atom is -0.395 e. The van der Waals surface area contributed by atoms with Crippen molar-refractivity contribution in [1.29, 1.82) is 0 Å². The molecule has 0 aliphatic heterocycles. The molecule has 1 saturated carbocycles. The average molecular weight is 229 g/mol. The first-order chi connectivity index (χ1) is 7.77. The van der Waals surface area contributed by atoms with Crippen LogP contribution in [0.15, 0.2) is 0 Å². The van der Waals surface area contributed by atoms with Crippen LogP contribution in [0.25, 0.3) is 0 Å². The third-order valence-corrected chi connectivity index (χ3v) is 3.25. The van der Waals surface area contributed by atoms with Crippen LogP contribution in [0, 0.1) is 5.92 Å². The molecule has 0 aromatic rings. The number of aliphatic hydroxyl groups excluding tert-OH is 1. The standard InChI is InChI=1S/C12H23NO3/c1-16-10-8-13(7-9-14)6-5-11-3-2-4-12(11)15/h11,14H,2-10H2,1H3. The molecule has 0 bridgehead atoms. The van der Waals surface area contributed by atoms with Gasteiger partial charge in [-0.1, -0.05) is 0 Å². The smallest absolute Gasteiger partial charge is 0.136 e. The lowest BCUT2D eigenvalue weighted by Gasteiger charge is -2.22. The van der Waals surface area contributed by atoms with Gasteiger partial charge < -0.3 is 9.84 Å². The minimum absolute atomic E-state index is 0.169. The molecule has 0 amide bonds. The summed E-state index contributed by atoms with van der Waals surface area (Å²) in [5, 5.41) is 8.93. The molecule has 1 aliphatic rings. The van der Waals surface area contributed by atoms with Gasteiger partial charge in [0.15, 0.2) is 0 Å². The van der Waals surface area contributed by atoms with Gasteiger partial charge in [-0.2, -0.15) is 0 Å². The van der Waals surface area contributed by atoms with E-state index < -0.39 is 0 Å². The zero-order chi connectivity index (χ0) is 11.8. The molecule has 0 aromatic carbocycles. The molecular weight excluding hydrogens is 206 g/mol. The van der Waals surface area contributed by atoms with Crippen LogP contribution in [0.4, 0.5) is 0 Å². The van der Waals surface area contributed by atoms with E-state index in [1.807, 2.05) is 0 Å².